The van der Waals surface area contributed by atoms with E-state index in [1.54, 1.807) is 35.4 Å². The Balaban J connectivity index is 0.00000207. The number of nitrogens with zero attached hydrogens (tertiary/aromatic N) is 3. The van der Waals surface area contributed by atoms with E-state index in [4.69, 9.17) is 0 Å². The van der Waals surface area contributed by atoms with Gasteiger partial charge < -0.3 is 4.98 Å². The van der Waals surface area contributed by atoms with E-state index in [1.807, 2.05) is 58.1 Å². The Hall–Kier alpha value is -4.43. The fraction of sp³-hybridized carbons (Fsp3) is 0.257. The maximum Gasteiger partial charge on any atom is 0.261 e. The van der Waals surface area contributed by atoms with Gasteiger partial charge in [-0.05, 0) is 60.4 Å². The number of nitrogens with one attached hydrogen (secondary N) is 2. The minimum atomic E-state index is -2.64. The average Bonchev–Trinajstić information content (AvgIpc) is 3.70. The first-order valence-electron chi connectivity index (χ1n) is 14.4. The van der Waals surface area contributed by atoms with Gasteiger partial charge in [-0.1, -0.05) is 69.5 Å². The molecule has 43 heavy (non-hydrogen) atoms. The third kappa shape index (κ3) is 7.14. The molecule has 8 heteroatoms. The van der Waals surface area contributed by atoms with Crippen molar-refractivity contribution in [3.63, 3.8) is 0 Å². The fourth-order valence-electron chi connectivity index (χ4n) is 5.23. The summed E-state index contributed by atoms with van der Waals surface area (Å²) in [5, 5.41) is 8.36. The second-order valence-electron chi connectivity index (χ2n) is 10.2. The third-order valence-electron chi connectivity index (χ3n) is 7.33. The molecule has 224 valence electrons. The van der Waals surface area contributed by atoms with E-state index in [0.717, 1.165) is 55.9 Å². The maximum atomic E-state index is 13.7. The number of pyridine rings is 1. The van der Waals surface area contributed by atoms with Crippen molar-refractivity contribution in [2.45, 2.75) is 40.0 Å². The topological polar surface area (TPSA) is 60.6 Å². The summed E-state index contributed by atoms with van der Waals surface area (Å²) in [7, 11) is 0. The van der Waals surface area contributed by atoms with Crippen LogP contribution < -0.4 is 0 Å². The zero-order chi connectivity index (χ0) is 31.1. The molecule has 1 aliphatic heterocycles. The van der Waals surface area contributed by atoms with Crippen LogP contribution in [0.5, 0.6) is 0 Å². The van der Waals surface area contributed by atoms with Crippen molar-refractivity contribution >= 4 is 22.2 Å². The van der Waals surface area contributed by atoms with E-state index in [9.17, 15) is 13.2 Å². The van der Waals surface area contributed by atoms with Gasteiger partial charge in [0.1, 0.15) is 5.82 Å². The first-order valence-corrected chi connectivity index (χ1v) is 14.4. The number of aromatic nitrogens is 4. The fourth-order valence-corrected chi connectivity index (χ4v) is 5.23. The Morgan fingerprint density at radius 1 is 1.12 bits per heavy atom. The molecule has 5 rings (SSSR count). The van der Waals surface area contributed by atoms with Crippen LogP contribution in [0.25, 0.3) is 33.6 Å². The van der Waals surface area contributed by atoms with Crippen molar-refractivity contribution in [3.8, 4) is 11.4 Å². The van der Waals surface area contributed by atoms with Crippen LogP contribution >= 0.6 is 0 Å². The lowest BCUT2D eigenvalue weighted by Crippen LogP contribution is -2.26. The number of alkyl halides is 2. The van der Waals surface area contributed by atoms with Crippen LogP contribution in [0.1, 0.15) is 49.6 Å². The quantitative estimate of drug-likeness (QED) is 0.193. The predicted molar refractivity (Wildman–Crippen MR) is 171 cm³/mol. The van der Waals surface area contributed by atoms with Crippen molar-refractivity contribution in [1.82, 2.24) is 25.1 Å². The van der Waals surface area contributed by atoms with Gasteiger partial charge in [0.25, 0.3) is 5.92 Å². The highest BCUT2D eigenvalue weighted by molar-refractivity contribution is 5.94. The van der Waals surface area contributed by atoms with Crippen molar-refractivity contribution in [2.24, 2.45) is 0 Å². The molecule has 0 bridgehead atoms. The summed E-state index contributed by atoms with van der Waals surface area (Å²) in [6, 6.07) is 10.4. The van der Waals surface area contributed by atoms with Gasteiger partial charge in [0.05, 0.1) is 17.9 Å². The van der Waals surface area contributed by atoms with Crippen LogP contribution in [0.3, 0.4) is 0 Å². The molecule has 4 aromatic rings. The molecule has 0 spiro atoms. The maximum absolute atomic E-state index is 13.7. The van der Waals surface area contributed by atoms with Gasteiger partial charge in [0, 0.05) is 47.9 Å². The normalized spacial score (nSPS) is 15.8. The van der Waals surface area contributed by atoms with Crippen LogP contribution in [0.15, 0.2) is 91.7 Å². The van der Waals surface area contributed by atoms with Crippen molar-refractivity contribution in [3.05, 3.63) is 120 Å². The molecule has 0 radical (unpaired) electrons. The van der Waals surface area contributed by atoms with Crippen LogP contribution in [-0.2, 0) is 0 Å². The number of aryl methyl sites for hydroxylation is 1. The zero-order valence-electron chi connectivity index (χ0n) is 25.1. The van der Waals surface area contributed by atoms with Crippen LogP contribution in [0.4, 0.5) is 13.2 Å². The Labute approximate surface area is 251 Å². The Morgan fingerprint density at radius 3 is 2.49 bits per heavy atom. The molecule has 0 amide bonds. The Bertz CT molecular complexity index is 1690. The molecule has 0 atom stereocenters. The molecule has 4 heterocycles. The number of rotatable bonds is 9. The summed E-state index contributed by atoms with van der Waals surface area (Å²) in [5.74, 6) is -2.93. The first kappa shape index (κ1) is 31.5. The van der Waals surface area contributed by atoms with Gasteiger partial charge in [0.15, 0.2) is 5.65 Å². The minimum Gasteiger partial charge on any atom is -0.357 e. The Kier molecular flexibility index (Phi) is 10.0. The average molecular weight is 586 g/mol. The molecule has 3 aromatic heterocycles. The molecular weight excluding hydrogens is 547 g/mol. The highest BCUT2D eigenvalue weighted by atomic mass is 19.3. The van der Waals surface area contributed by atoms with E-state index >= 15 is 0 Å². The lowest BCUT2D eigenvalue weighted by Gasteiger charge is -2.16. The van der Waals surface area contributed by atoms with E-state index in [-0.39, 0.29) is 18.8 Å². The first-order chi connectivity index (χ1) is 20.7. The molecule has 5 nitrogen and oxygen atoms in total. The number of halogens is 3. The second-order valence-corrected chi connectivity index (χ2v) is 10.2. The van der Waals surface area contributed by atoms with E-state index in [2.05, 4.69) is 33.3 Å². The highest BCUT2D eigenvalue weighted by Gasteiger charge is 2.37. The lowest BCUT2D eigenvalue weighted by atomic mass is 9.97. The molecule has 2 N–H and O–H groups in total. The van der Waals surface area contributed by atoms with Gasteiger partial charge in [-0.3, -0.25) is 10.00 Å². The molecule has 0 unspecified atom stereocenters. The summed E-state index contributed by atoms with van der Waals surface area (Å²) in [4.78, 5) is 9.79. The minimum absolute atomic E-state index is 0.119. The van der Waals surface area contributed by atoms with Gasteiger partial charge in [0.2, 0.25) is 0 Å². The third-order valence-corrected chi connectivity index (χ3v) is 7.33. The second kappa shape index (κ2) is 13.7. The number of fused-ring (bicyclic) bond motifs is 1. The summed E-state index contributed by atoms with van der Waals surface area (Å²) < 4.78 is 41.0. The number of allylic oxidation sites excluding steroid dienone is 5. The van der Waals surface area contributed by atoms with Gasteiger partial charge in [-0.15, -0.1) is 0 Å². The smallest absolute Gasteiger partial charge is 0.261 e. The predicted octanol–water partition coefficient (Wildman–Crippen LogP) is 8.90. The van der Waals surface area contributed by atoms with E-state index < -0.39 is 5.92 Å². The summed E-state index contributed by atoms with van der Waals surface area (Å²) in [6.45, 7) is 16.2. The number of aromatic amines is 2. The SMILES string of the molecule is C=C/C=C(/c1ccc(F)cc1)c1cc(-c2[nH]nc3ncc(C(/C=C(\C=C)CN4CCC(F)(F)C4)=C/C)cc23)[nH]c1C.CC. The Morgan fingerprint density at radius 2 is 1.86 bits per heavy atom. The molecule has 1 aromatic carbocycles. The van der Waals surface area contributed by atoms with Gasteiger partial charge in [-0.25, -0.2) is 18.2 Å². The summed E-state index contributed by atoms with van der Waals surface area (Å²) in [5.41, 5.74) is 8.49. The number of likely N-dealkylation sites (tertiary alicyclic amines) is 1. The summed E-state index contributed by atoms with van der Waals surface area (Å²) >= 11 is 0. The number of H-pyrrole nitrogens is 2. The van der Waals surface area contributed by atoms with E-state index in [0.29, 0.717) is 18.7 Å². The largest absolute Gasteiger partial charge is 0.357 e. The van der Waals surface area contributed by atoms with Crippen molar-refractivity contribution in [1.29, 1.82) is 0 Å². The molecule has 0 aliphatic carbocycles. The summed E-state index contributed by atoms with van der Waals surface area (Å²) in [6.07, 6.45) is 10.9. The molecule has 1 saturated heterocycles. The van der Waals surface area contributed by atoms with E-state index in [1.165, 1.54) is 12.1 Å². The molecule has 0 saturated carbocycles. The van der Waals surface area contributed by atoms with Crippen LogP contribution in [0.2, 0.25) is 0 Å². The van der Waals surface area contributed by atoms with Crippen molar-refractivity contribution in [2.75, 3.05) is 19.6 Å². The number of benzene rings is 1. The highest BCUT2D eigenvalue weighted by Crippen LogP contribution is 2.34. The van der Waals surface area contributed by atoms with Crippen LogP contribution in [-0.4, -0.2) is 50.6 Å². The van der Waals surface area contributed by atoms with Crippen molar-refractivity contribution < 1.29 is 13.2 Å². The molecule has 1 fully saturated rings. The lowest BCUT2D eigenvalue weighted by molar-refractivity contribution is 0.0131. The number of hydrogen-bond donors (Lipinski definition) is 2. The van der Waals surface area contributed by atoms with Gasteiger partial charge in [-0.2, -0.15) is 5.10 Å². The standard InChI is InChI=1S/C33H32F3N5.C2H6/c1-5-8-27(24-9-11-26(34)12-10-24)28-17-30(38-21(28)4)31-29-16-25(18-37-32(29)40-39-31)23(7-3)15-22(6-2)19-41-14-13-33(35,36)20-41;1-2/h5-12,15-18,38H,1-2,13-14,19-20H2,3-4H3,(H,37,39,40);1-2H3/b22-15+,23-7+,27-8-;. The molecular formula is C35H38F3N5. The van der Waals surface area contributed by atoms with Crippen LogP contribution in [0, 0.1) is 12.7 Å². The van der Waals surface area contributed by atoms with Gasteiger partial charge >= 0.3 is 0 Å². The molecule has 1 aliphatic rings. The zero-order valence-corrected chi connectivity index (χ0v) is 25.1. The monoisotopic (exact) mass is 585 g/mol. The number of hydrogen-bond acceptors (Lipinski definition) is 3.